The van der Waals surface area contributed by atoms with Crippen LogP contribution in [0.4, 0.5) is 11.5 Å². The first kappa shape index (κ1) is 13.0. The van der Waals surface area contributed by atoms with Crippen LogP contribution in [0.5, 0.6) is 0 Å². The predicted octanol–water partition coefficient (Wildman–Crippen LogP) is 1.39. The number of hydrogen-bond donors (Lipinski definition) is 1. The molecule has 98 valence electrons. The Bertz CT molecular complexity index is 431. The number of hydrogen-bond acceptors (Lipinski definition) is 6. The van der Waals surface area contributed by atoms with Crippen LogP contribution in [0.1, 0.15) is 16.9 Å². The lowest BCUT2D eigenvalue weighted by Gasteiger charge is -2.22. The average Bonchev–Trinajstić information content (AvgIpc) is 2.67. The zero-order chi connectivity index (χ0) is 13.0. The number of nitrogens with zero attached hydrogens (tertiary/aromatic N) is 2. The van der Waals surface area contributed by atoms with Crippen LogP contribution >= 0.6 is 11.8 Å². The molecule has 0 unspecified atom stereocenters. The van der Waals surface area contributed by atoms with Crippen molar-refractivity contribution in [3.63, 3.8) is 0 Å². The van der Waals surface area contributed by atoms with E-state index in [-0.39, 0.29) is 0 Å². The number of methoxy groups -OCH3 is 1. The van der Waals surface area contributed by atoms with Crippen molar-refractivity contribution in [2.24, 2.45) is 0 Å². The minimum atomic E-state index is -0.430. The van der Waals surface area contributed by atoms with E-state index in [9.17, 15) is 4.79 Å². The summed E-state index contributed by atoms with van der Waals surface area (Å²) < 4.78 is 4.68. The summed E-state index contributed by atoms with van der Waals surface area (Å²) in [6, 6.07) is 3.31. The highest BCUT2D eigenvalue weighted by molar-refractivity contribution is 7.99. The molecule has 0 bridgehead atoms. The Hall–Kier alpha value is -1.43. The largest absolute Gasteiger partial charge is 0.464 e. The van der Waals surface area contributed by atoms with Crippen molar-refractivity contribution in [3.8, 4) is 0 Å². The van der Waals surface area contributed by atoms with Gasteiger partial charge in [-0.25, -0.2) is 9.78 Å². The van der Waals surface area contributed by atoms with Gasteiger partial charge in [0.05, 0.1) is 12.8 Å². The topological polar surface area (TPSA) is 68.5 Å². The lowest BCUT2D eigenvalue weighted by atomic mass is 10.3. The molecule has 1 saturated heterocycles. The van der Waals surface area contributed by atoms with Gasteiger partial charge in [0.15, 0.2) is 11.5 Å². The van der Waals surface area contributed by atoms with E-state index in [2.05, 4.69) is 14.6 Å². The second kappa shape index (κ2) is 5.95. The Morgan fingerprint density at radius 3 is 3.06 bits per heavy atom. The number of thioether (sulfide) groups is 1. The molecule has 0 radical (unpaired) electrons. The van der Waals surface area contributed by atoms with Crippen LogP contribution in [0.2, 0.25) is 0 Å². The Balaban J connectivity index is 2.27. The number of carbonyl (C=O) groups is 1. The number of nitrogens with two attached hydrogens (primary N) is 1. The van der Waals surface area contributed by atoms with E-state index in [4.69, 9.17) is 5.73 Å². The maximum Gasteiger partial charge on any atom is 0.356 e. The Kier molecular flexibility index (Phi) is 4.30. The number of nitrogen functional groups attached to an aromatic ring is 1. The normalized spacial score (nSPS) is 16.2. The zero-order valence-corrected chi connectivity index (χ0v) is 11.2. The van der Waals surface area contributed by atoms with Crippen molar-refractivity contribution in [2.45, 2.75) is 6.42 Å². The van der Waals surface area contributed by atoms with Crippen molar-refractivity contribution >= 4 is 29.2 Å². The summed E-state index contributed by atoms with van der Waals surface area (Å²) in [5.41, 5.74) is 6.86. The molecular formula is C12H17N3O2S. The molecular weight excluding hydrogens is 250 g/mol. The van der Waals surface area contributed by atoms with Gasteiger partial charge in [-0.2, -0.15) is 11.8 Å². The maximum atomic E-state index is 11.5. The van der Waals surface area contributed by atoms with E-state index in [0.29, 0.717) is 17.2 Å². The molecule has 0 aromatic carbocycles. The molecule has 2 rings (SSSR count). The van der Waals surface area contributed by atoms with Crippen molar-refractivity contribution in [1.29, 1.82) is 0 Å². The molecule has 1 aliphatic rings. The van der Waals surface area contributed by atoms with Gasteiger partial charge in [0.25, 0.3) is 0 Å². The molecule has 18 heavy (non-hydrogen) atoms. The van der Waals surface area contributed by atoms with Gasteiger partial charge in [-0.15, -0.1) is 0 Å². The molecule has 0 saturated carbocycles. The Labute approximate surface area is 111 Å². The maximum absolute atomic E-state index is 11.5. The molecule has 6 heteroatoms. The van der Waals surface area contributed by atoms with Crippen molar-refractivity contribution < 1.29 is 9.53 Å². The van der Waals surface area contributed by atoms with Crippen LogP contribution in [0.15, 0.2) is 12.1 Å². The van der Waals surface area contributed by atoms with Gasteiger partial charge in [-0.1, -0.05) is 0 Å². The molecule has 1 aliphatic heterocycles. The molecule has 1 fully saturated rings. The fraction of sp³-hybridized carbons (Fsp3) is 0.500. The van der Waals surface area contributed by atoms with E-state index in [0.717, 1.165) is 31.0 Å². The van der Waals surface area contributed by atoms with Crippen LogP contribution < -0.4 is 10.6 Å². The van der Waals surface area contributed by atoms with Crippen molar-refractivity contribution in [3.05, 3.63) is 17.8 Å². The molecule has 0 amide bonds. The van der Waals surface area contributed by atoms with E-state index in [1.54, 1.807) is 12.1 Å². The molecule has 1 aromatic rings. The first-order valence-electron chi connectivity index (χ1n) is 5.90. The average molecular weight is 267 g/mol. The lowest BCUT2D eigenvalue weighted by Crippen LogP contribution is -2.28. The zero-order valence-electron chi connectivity index (χ0n) is 10.4. The lowest BCUT2D eigenvalue weighted by molar-refractivity contribution is 0.0594. The highest BCUT2D eigenvalue weighted by Gasteiger charge is 2.17. The molecule has 2 heterocycles. The number of carbonyl (C=O) groups excluding carboxylic acids is 1. The fourth-order valence-corrected chi connectivity index (χ4v) is 2.78. The van der Waals surface area contributed by atoms with Gasteiger partial charge in [-0.05, 0) is 24.3 Å². The van der Waals surface area contributed by atoms with E-state index < -0.39 is 5.97 Å². The van der Waals surface area contributed by atoms with E-state index >= 15 is 0 Å². The number of aromatic nitrogens is 1. The summed E-state index contributed by atoms with van der Waals surface area (Å²) in [5.74, 6) is 2.48. The highest BCUT2D eigenvalue weighted by atomic mass is 32.2. The summed E-state index contributed by atoms with van der Waals surface area (Å²) >= 11 is 1.93. The quantitative estimate of drug-likeness (QED) is 0.817. The molecule has 0 atom stereocenters. The second-order valence-electron chi connectivity index (χ2n) is 4.05. The van der Waals surface area contributed by atoms with Crippen molar-refractivity contribution in [1.82, 2.24) is 4.98 Å². The van der Waals surface area contributed by atoms with Crippen LogP contribution in [0, 0.1) is 0 Å². The second-order valence-corrected chi connectivity index (χ2v) is 5.28. The third-order valence-corrected chi connectivity index (χ3v) is 3.87. The molecule has 1 aromatic heterocycles. The van der Waals surface area contributed by atoms with E-state index in [1.165, 1.54) is 7.11 Å². The molecule has 2 N–H and O–H groups in total. The van der Waals surface area contributed by atoms with Gasteiger partial charge in [-0.3, -0.25) is 0 Å². The van der Waals surface area contributed by atoms with Crippen LogP contribution in [0.3, 0.4) is 0 Å². The van der Waals surface area contributed by atoms with E-state index in [1.807, 2.05) is 11.8 Å². The minimum absolute atomic E-state index is 0.304. The summed E-state index contributed by atoms with van der Waals surface area (Å²) in [4.78, 5) is 17.9. The predicted molar refractivity (Wildman–Crippen MR) is 74.1 cm³/mol. The van der Waals surface area contributed by atoms with Gasteiger partial charge < -0.3 is 15.4 Å². The number of ether oxygens (including phenoxy) is 1. The number of esters is 1. The Morgan fingerprint density at radius 1 is 1.44 bits per heavy atom. The SMILES string of the molecule is COC(=O)c1ccc(N)c(N2CCCSCC2)n1. The Morgan fingerprint density at radius 2 is 2.28 bits per heavy atom. The van der Waals surface area contributed by atoms with Gasteiger partial charge in [0, 0.05) is 18.8 Å². The summed E-state index contributed by atoms with van der Waals surface area (Å²) in [6.45, 7) is 1.83. The number of pyridine rings is 1. The fourth-order valence-electron chi connectivity index (χ4n) is 1.89. The van der Waals surface area contributed by atoms with Gasteiger partial charge in [0.2, 0.25) is 0 Å². The molecule has 0 aliphatic carbocycles. The first-order chi connectivity index (χ1) is 8.72. The summed E-state index contributed by atoms with van der Waals surface area (Å²) in [5, 5.41) is 0. The van der Waals surface area contributed by atoms with Crippen LogP contribution in [-0.2, 0) is 4.74 Å². The van der Waals surface area contributed by atoms with Crippen molar-refractivity contribution in [2.75, 3.05) is 42.3 Å². The standard InChI is InChI=1S/C12H17N3O2S/c1-17-12(16)10-4-3-9(13)11(14-10)15-5-2-7-18-8-6-15/h3-4H,2,5-8,13H2,1H3. The summed E-state index contributed by atoms with van der Waals surface area (Å²) in [7, 11) is 1.35. The minimum Gasteiger partial charge on any atom is -0.464 e. The van der Waals surface area contributed by atoms with Crippen LogP contribution in [0.25, 0.3) is 0 Å². The number of anilines is 2. The summed E-state index contributed by atoms with van der Waals surface area (Å²) in [6.07, 6.45) is 1.11. The molecule has 5 nitrogen and oxygen atoms in total. The highest BCUT2D eigenvalue weighted by Crippen LogP contribution is 2.23. The number of rotatable bonds is 2. The van der Waals surface area contributed by atoms with Gasteiger partial charge >= 0.3 is 5.97 Å². The third-order valence-electron chi connectivity index (χ3n) is 2.82. The first-order valence-corrected chi connectivity index (χ1v) is 7.05. The van der Waals surface area contributed by atoms with Gasteiger partial charge in [0.1, 0.15) is 0 Å². The monoisotopic (exact) mass is 267 g/mol. The van der Waals surface area contributed by atoms with Crippen LogP contribution in [-0.4, -0.2) is 42.7 Å². The molecule has 0 spiro atoms. The third kappa shape index (κ3) is 2.87. The smallest absolute Gasteiger partial charge is 0.356 e.